The molecule has 1 aliphatic rings. The van der Waals surface area contributed by atoms with E-state index in [4.69, 9.17) is 5.26 Å². The molecular formula is C22H13NO. The van der Waals surface area contributed by atoms with E-state index in [1.807, 2.05) is 60.7 Å². The molecule has 0 N–H and O–H groups in total. The van der Waals surface area contributed by atoms with Crippen LogP contribution in [-0.4, -0.2) is 5.78 Å². The van der Waals surface area contributed by atoms with Crippen LogP contribution in [0.25, 0.3) is 11.6 Å². The lowest BCUT2D eigenvalue weighted by Gasteiger charge is -2.21. The van der Waals surface area contributed by atoms with Crippen molar-refractivity contribution in [3.63, 3.8) is 0 Å². The SMILES string of the molecule is N#Cc1ccc(C=C2c3ccccc3C(=O)c3ccccc32)cc1. The molecule has 3 aromatic rings. The number of fused-ring (bicyclic) bond motifs is 2. The molecule has 0 spiro atoms. The van der Waals surface area contributed by atoms with Crippen LogP contribution in [0, 0.1) is 11.3 Å². The number of nitrogens with zero attached hydrogens (tertiary/aromatic N) is 1. The monoisotopic (exact) mass is 307 g/mol. The van der Waals surface area contributed by atoms with Crippen molar-refractivity contribution in [1.82, 2.24) is 0 Å². The van der Waals surface area contributed by atoms with E-state index in [0.717, 1.165) is 33.4 Å². The molecule has 0 saturated carbocycles. The fourth-order valence-electron chi connectivity index (χ4n) is 3.10. The third-order valence-electron chi connectivity index (χ3n) is 4.27. The summed E-state index contributed by atoms with van der Waals surface area (Å²) in [6.45, 7) is 0. The van der Waals surface area contributed by atoms with Crippen molar-refractivity contribution in [2.45, 2.75) is 0 Å². The summed E-state index contributed by atoms with van der Waals surface area (Å²) in [5, 5.41) is 8.94. The van der Waals surface area contributed by atoms with Gasteiger partial charge in [0.1, 0.15) is 0 Å². The number of hydrogen-bond donors (Lipinski definition) is 0. The zero-order chi connectivity index (χ0) is 16.5. The standard InChI is InChI=1S/C22H13NO/c23-14-16-11-9-15(10-12-16)13-21-17-5-1-3-7-19(17)22(24)20-8-4-2-6-18(20)21/h1-13H. The van der Waals surface area contributed by atoms with Gasteiger partial charge in [-0.15, -0.1) is 0 Å². The first kappa shape index (κ1) is 14.2. The van der Waals surface area contributed by atoms with Gasteiger partial charge in [0, 0.05) is 11.1 Å². The average molecular weight is 307 g/mol. The Bertz CT molecular complexity index is 969. The van der Waals surface area contributed by atoms with Crippen LogP contribution in [0.2, 0.25) is 0 Å². The summed E-state index contributed by atoms with van der Waals surface area (Å²) in [6.07, 6.45) is 2.07. The second-order valence-corrected chi connectivity index (χ2v) is 5.71. The second kappa shape index (κ2) is 5.64. The molecule has 0 radical (unpaired) electrons. The molecule has 0 fully saturated rings. The molecule has 0 bridgehead atoms. The maximum atomic E-state index is 12.7. The minimum absolute atomic E-state index is 0.0678. The van der Waals surface area contributed by atoms with E-state index in [0.29, 0.717) is 5.56 Å². The first-order valence-corrected chi connectivity index (χ1v) is 7.73. The molecule has 0 atom stereocenters. The van der Waals surface area contributed by atoms with Gasteiger partial charge in [0.25, 0.3) is 0 Å². The van der Waals surface area contributed by atoms with Gasteiger partial charge in [0.2, 0.25) is 0 Å². The number of carbonyl (C=O) groups excluding carboxylic acids is 1. The number of carbonyl (C=O) groups is 1. The minimum atomic E-state index is 0.0678. The van der Waals surface area contributed by atoms with Crippen LogP contribution in [0.1, 0.15) is 38.2 Å². The maximum Gasteiger partial charge on any atom is 0.194 e. The Morgan fingerprint density at radius 2 is 1.21 bits per heavy atom. The van der Waals surface area contributed by atoms with Crippen molar-refractivity contribution in [2.75, 3.05) is 0 Å². The lowest BCUT2D eigenvalue weighted by molar-refractivity contribution is 0.103. The Kier molecular flexibility index (Phi) is 3.33. The fourth-order valence-corrected chi connectivity index (χ4v) is 3.10. The predicted molar refractivity (Wildman–Crippen MR) is 94.4 cm³/mol. The summed E-state index contributed by atoms with van der Waals surface area (Å²) in [4.78, 5) is 12.7. The fraction of sp³-hybridized carbons (Fsp3) is 0. The molecule has 0 saturated heterocycles. The van der Waals surface area contributed by atoms with Crippen molar-refractivity contribution in [2.24, 2.45) is 0 Å². The van der Waals surface area contributed by atoms with Gasteiger partial charge in [0.05, 0.1) is 11.6 Å². The van der Waals surface area contributed by atoms with Crippen LogP contribution >= 0.6 is 0 Å². The van der Waals surface area contributed by atoms with Crippen molar-refractivity contribution in [1.29, 1.82) is 5.26 Å². The predicted octanol–water partition coefficient (Wildman–Crippen LogP) is 4.69. The molecule has 112 valence electrons. The molecule has 3 aromatic carbocycles. The van der Waals surface area contributed by atoms with E-state index in [9.17, 15) is 4.79 Å². The van der Waals surface area contributed by atoms with Crippen LogP contribution < -0.4 is 0 Å². The van der Waals surface area contributed by atoms with Crippen molar-refractivity contribution < 1.29 is 4.79 Å². The molecular weight excluding hydrogens is 294 g/mol. The first-order chi connectivity index (χ1) is 11.8. The minimum Gasteiger partial charge on any atom is -0.289 e. The van der Waals surface area contributed by atoms with E-state index in [1.165, 1.54) is 0 Å². The van der Waals surface area contributed by atoms with Gasteiger partial charge in [-0.2, -0.15) is 5.26 Å². The van der Waals surface area contributed by atoms with Crippen LogP contribution in [0.15, 0.2) is 72.8 Å². The highest BCUT2D eigenvalue weighted by Crippen LogP contribution is 2.36. The molecule has 24 heavy (non-hydrogen) atoms. The third-order valence-corrected chi connectivity index (χ3v) is 4.27. The van der Waals surface area contributed by atoms with E-state index < -0.39 is 0 Å². The van der Waals surface area contributed by atoms with Crippen molar-refractivity contribution in [3.8, 4) is 6.07 Å². The largest absolute Gasteiger partial charge is 0.289 e. The van der Waals surface area contributed by atoms with Gasteiger partial charge in [-0.05, 0) is 40.5 Å². The smallest absolute Gasteiger partial charge is 0.194 e. The Morgan fingerprint density at radius 3 is 1.71 bits per heavy atom. The molecule has 4 rings (SSSR count). The van der Waals surface area contributed by atoms with Crippen LogP contribution in [0.3, 0.4) is 0 Å². The van der Waals surface area contributed by atoms with Gasteiger partial charge in [-0.25, -0.2) is 0 Å². The number of hydrogen-bond acceptors (Lipinski definition) is 2. The van der Waals surface area contributed by atoms with E-state index in [1.54, 1.807) is 12.1 Å². The summed E-state index contributed by atoms with van der Waals surface area (Å²) in [5.41, 5.74) is 6.04. The summed E-state index contributed by atoms with van der Waals surface area (Å²) in [7, 11) is 0. The first-order valence-electron chi connectivity index (χ1n) is 7.73. The molecule has 0 aromatic heterocycles. The third kappa shape index (κ3) is 2.24. The summed E-state index contributed by atoms with van der Waals surface area (Å²) >= 11 is 0. The van der Waals surface area contributed by atoms with Gasteiger partial charge >= 0.3 is 0 Å². The molecule has 2 heteroatoms. The lowest BCUT2D eigenvalue weighted by Crippen LogP contribution is -2.14. The topological polar surface area (TPSA) is 40.9 Å². The summed E-state index contributed by atoms with van der Waals surface area (Å²) in [5.74, 6) is 0.0678. The highest BCUT2D eigenvalue weighted by Gasteiger charge is 2.25. The lowest BCUT2D eigenvalue weighted by atomic mass is 9.81. The number of nitriles is 1. The van der Waals surface area contributed by atoms with E-state index in [2.05, 4.69) is 12.1 Å². The van der Waals surface area contributed by atoms with Gasteiger partial charge in [-0.1, -0.05) is 60.7 Å². The maximum absolute atomic E-state index is 12.7. The number of benzene rings is 3. The Morgan fingerprint density at radius 1 is 0.708 bits per heavy atom. The highest BCUT2D eigenvalue weighted by molar-refractivity contribution is 6.20. The van der Waals surface area contributed by atoms with Crippen molar-refractivity contribution in [3.05, 3.63) is 106 Å². The van der Waals surface area contributed by atoms with Crippen LogP contribution in [0.5, 0.6) is 0 Å². The number of rotatable bonds is 1. The van der Waals surface area contributed by atoms with Gasteiger partial charge in [-0.3, -0.25) is 4.79 Å². The van der Waals surface area contributed by atoms with Crippen molar-refractivity contribution >= 4 is 17.4 Å². The van der Waals surface area contributed by atoms with E-state index in [-0.39, 0.29) is 5.78 Å². The molecule has 0 unspecified atom stereocenters. The van der Waals surface area contributed by atoms with Crippen LogP contribution in [-0.2, 0) is 0 Å². The molecule has 0 amide bonds. The van der Waals surface area contributed by atoms with Gasteiger partial charge < -0.3 is 0 Å². The zero-order valence-corrected chi connectivity index (χ0v) is 12.9. The van der Waals surface area contributed by atoms with Crippen LogP contribution in [0.4, 0.5) is 0 Å². The normalized spacial score (nSPS) is 12.1. The average Bonchev–Trinajstić information content (AvgIpc) is 2.65. The molecule has 0 heterocycles. The molecule has 0 aliphatic heterocycles. The number of ketones is 1. The Balaban J connectivity index is 1.95. The summed E-state index contributed by atoms with van der Waals surface area (Å²) in [6, 6.07) is 25.0. The zero-order valence-electron chi connectivity index (χ0n) is 12.9. The Labute approximate surface area is 140 Å². The van der Waals surface area contributed by atoms with Gasteiger partial charge in [0.15, 0.2) is 5.78 Å². The quantitative estimate of drug-likeness (QED) is 0.512. The molecule has 1 aliphatic carbocycles. The second-order valence-electron chi connectivity index (χ2n) is 5.71. The van der Waals surface area contributed by atoms with E-state index >= 15 is 0 Å². The molecule has 2 nitrogen and oxygen atoms in total. The Hall–Kier alpha value is -3.44. The highest BCUT2D eigenvalue weighted by atomic mass is 16.1. The summed E-state index contributed by atoms with van der Waals surface area (Å²) < 4.78 is 0.